The molecule has 5 aromatic rings. The third kappa shape index (κ3) is 3.73. The van der Waals surface area contributed by atoms with E-state index in [1.165, 1.54) is 23.1 Å². The molecule has 0 bridgehead atoms. The number of nitrogens with zero attached hydrogens (tertiary/aromatic N) is 2. The number of halogens is 1. The van der Waals surface area contributed by atoms with Gasteiger partial charge >= 0.3 is 5.91 Å². The van der Waals surface area contributed by atoms with Crippen molar-refractivity contribution < 1.29 is 23.8 Å². The highest BCUT2D eigenvalue weighted by Gasteiger charge is 2.48. The van der Waals surface area contributed by atoms with Crippen molar-refractivity contribution in [3.8, 4) is 5.75 Å². The second-order valence-corrected chi connectivity index (χ2v) is 9.59. The summed E-state index contributed by atoms with van der Waals surface area (Å²) in [5, 5.41) is 13.4. The number of aliphatic hydroxyl groups excluding tert-OH is 1. The van der Waals surface area contributed by atoms with Crippen molar-refractivity contribution in [3.05, 3.63) is 107 Å². The van der Waals surface area contributed by atoms with Crippen LogP contribution in [0.15, 0.2) is 90.5 Å². The summed E-state index contributed by atoms with van der Waals surface area (Å²) in [6.07, 6.45) is 0. The minimum Gasteiger partial charge on any atom is -0.507 e. The fourth-order valence-corrected chi connectivity index (χ4v) is 5.71. The van der Waals surface area contributed by atoms with Crippen LogP contribution in [0.3, 0.4) is 0 Å². The number of Topliss-reactive ketones (excluding diaryl/α,β-unsaturated/α-hetero) is 1. The van der Waals surface area contributed by atoms with Gasteiger partial charge in [0, 0.05) is 5.56 Å². The molecule has 0 spiro atoms. The van der Waals surface area contributed by atoms with Gasteiger partial charge in [-0.1, -0.05) is 65.9 Å². The zero-order valence-corrected chi connectivity index (χ0v) is 20.3. The van der Waals surface area contributed by atoms with Crippen LogP contribution in [0.5, 0.6) is 5.75 Å². The fraction of sp³-hybridized carbons (Fsp3) is 0.0690. The third-order valence-corrected chi connectivity index (χ3v) is 7.48. The molecule has 1 N–H and O–H groups in total. The molecule has 1 amide bonds. The molecule has 1 atom stereocenters. The first-order chi connectivity index (χ1) is 18.0. The number of carbonyl (C=O) groups excluding carboxylic acids is 2. The van der Waals surface area contributed by atoms with E-state index in [2.05, 4.69) is 4.98 Å². The maximum absolute atomic E-state index is 13.9. The number of fused-ring (bicyclic) bond motifs is 2. The van der Waals surface area contributed by atoms with Crippen molar-refractivity contribution in [2.75, 3.05) is 12.0 Å². The Balaban J connectivity index is 1.59. The van der Waals surface area contributed by atoms with E-state index in [1.807, 2.05) is 30.3 Å². The van der Waals surface area contributed by atoms with Crippen LogP contribution in [-0.4, -0.2) is 28.9 Å². The summed E-state index contributed by atoms with van der Waals surface area (Å²) in [4.78, 5) is 32.8. The lowest BCUT2D eigenvalue weighted by Crippen LogP contribution is -2.29. The standard InChI is InChI=1S/C29H19FN2O4S/c1-36-19-12-9-17(10-13-19)25-24(26(33)21-8-4-6-16-5-2-3-7-20(16)21)27(34)28(35)32(25)29-31-22-14-11-18(30)15-23(22)37-29/h2-15,25,33H,1H3/b26-24+. The quantitative estimate of drug-likeness (QED) is 0.176. The van der Waals surface area contributed by atoms with Crippen LogP contribution in [0, 0.1) is 5.82 Å². The highest BCUT2D eigenvalue weighted by atomic mass is 32.1. The summed E-state index contributed by atoms with van der Waals surface area (Å²) >= 11 is 1.11. The van der Waals surface area contributed by atoms with Crippen LogP contribution in [0.25, 0.3) is 26.7 Å². The molecule has 1 aliphatic rings. The van der Waals surface area contributed by atoms with Gasteiger partial charge in [-0.2, -0.15) is 0 Å². The summed E-state index contributed by atoms with van der Waals surface area (Å²) in [6.45, 7) is 0. The van der Waals surface area contributed by atoms with Crippen molar-refractivity contribution in [3.63, 3.8) is 0 Å². The van der Waals surface area contributed by atoms with Crippen LogP contribution in [-0.2, 0) is 9.59 Å². The lowest BCUT2D eigenvalue weighted by molar-refractivity contribution is -0.132. The molecule has 0 aliphatic carbocycles. The van der Waals surface area contributed by atoms with Gasteiger partial charge in [0.2, 0.25) is 0 Å². The van der Waals surface area contributed by atoms with Crippen LogP contribution in [0.2, 0.25) is 0 Å². The van der Waals surface area contributed by atoms with E-state index in [4.69, 9.17) is 4.74 Å². The Bertz CT molecular complexity index is 1740. The number of methoxy groups -OCH3 is 1. The Morgan fingerprint density at radius 3 is 2.54 bits per heavy atom. The predicted octanol–water partition coefficient (Wildman–Crippen LogP) is 6.22. The number of ether oxygens (including phenoxy) is 1. The first kappa shape index (κ1) is 22.9. The van der Waals surface area contributed by atoms with Gasteiger partial charge in [0.15, 0.2) is 5.13 Å². The number of benzene rings is 4. The first-order valence-corrected chi connectivity index (χ1v) is 12.3. The predicted molar refractivity (Wildman–Crippen MR) is 141 cm³/mol. The molecule has 1 aliphatic heterocycles. The van der Waals surface area contributed by atoms with Crippen molar-refractivity contribution in [2.45, 2.75) is 6.04 Å². The number of rotatable bonds is 4. The summed E-state index contributed by atoms with van der Waals surface area (Å²) in [7, 11) is 1.54. The number of hydrogen-bond donors (Lipinski definition) is 1. The molecule has 1 unspecified atom stereocenters. The molecule has 1 saturated heterocycles. The zero-order valence-electron chi connectivity index (χ0n) is 19.5. The van der Waals surface area contributed by atoms with Gasteiger partial charge < -0.3 is 9.84 Å². The monoisotopic (exact) mass is 510 g/mol. The Kier molecular flexibility index (Phi) is 5.46. The Hall–Kier alpha value is -4.56. The molecule has 8 heteroatoms. The number of carbonyl (C=O) groups is 2. The number of hydrogen-bond acceptors (Lipinski definition) is 6. The third-order valence-electron chi connectivity index (χ3n) is 6.47. The molecule has 6 rings (SSSR count). The molecular formula is C29H19FN2O4S. The SMILES string of the molecule is COc1ccc(C2/C(=C(\O)c3cccc4ccccc34)C(=O)C(=O)N2c2nc3ccc(F)cc3s2)cc1. The summed E-state index contributed by atoms with van der Waals surface area (Å²) in [5.74, 6) is -1.73. The van der Waals surface area contributed by atoms with Crippen LogP contribution in [0.1, 0.15) is 17.2 Å². The van der Waals surface area contributed by atoms with Crippen molar-refractivity contribution in [2.24, 2.45) is 0 Å². The van der Waals surface area contributed by atoms with E-state index < -0.39 is 23.5 Å². The molecule has 1 aromatic heterocycles. The molecule has 0 saturated carbocycles. The van der Waals surface area contributed by atoms with E-state index in [9.17, 15) is 19.1 Å². The number of aromatic nitrogens is 1. The van der Waals surface area contributed by atoms with E-state index >= 15 is 0 Å². The van der Waals surface area contributed by atoms with Gasteiger partial charge in [-0.25, -0.2) is 9.37 Å². The molecule has 2 heterocycles. The molecule has 1 fully saturated rings. The van der Waals surface area contributed by atoms with Crippen LogP contribution >= 0.6 is 11.3 Å². The highest BCUT2D eigenvalue weighted by molar-refractivity contribution is 7.22. The smallest absolute Gasteiger partial charge is 0.301 e. The maximum atomic E-state index is 13.9. The van der Waals surface area contributed by atoms with E-state index in [1.54, 1.807) is 43.5 Å². The van der Waals surface area contributed by atoms with E-state index in [0.29, 0.717) is 27.1 Å². The number of amides is 1. The lowest BCUT2D eigenvalue weighted by Gasteiger charge is -2.23. The van der Waals surface area contributed by atoms with Gasteiger partial charge in [-0.05, 0) is 46.7 Å². The van der Waals surface area contributed by atoms with Gasteiger partial charge in [-0.3, -0.25) is 14.5 Å². The average molecular weight is 511 g/mol. The normalized spacial score (nSPS) is 17.1. The topological polar surface area (TPSA) is 79.7 Å². The van der Waals surface area contributed by atoms with Gasteiger partial charge in [0.05, 0.1) is 28.9 Å². The molecule has 37 heavy (non-hydrogen) atoms. The van der Waals surface area contributed by atoms with Crippen LogP contribution < -0.4 is 9.64 Å². The lowest BCUT2D eigenvalue weighted by atomic mass is 9.93. The number of anilines is 1. The number of aliphatic hydroxyl groups is 1. The fourth-order valence-electron chi connectivity index (χ4n) is 4.70. The summed E-state index contributed by atoms with van der Waals surface area (Å²) in [5.41, 5.74) is 1.50. The zero-order chi connectivity index (χ0) is 25.7. The summed E-state index contributed by atoms with van der Waals surface area (Å²) in [6, 6.07) is 23.1. The van der Waals surface area contributed by atoms with Gasteiger partial charge in [0.1, 0.15) is 17.3 Å². The maximum Gasteiger partial charge on any atom is 0.301 e. The Morgan fingerprint density at radius 1 is 1.00 bits per heavy atom. The van der Waals surface area contributed by atoms with Crippen molar-refractivity contribution in [1.82, 2.24) is 4.98 Å². The van der Waals surface area contributed by atoms with E-state index in [-0.39, 0.29) is 16.5 Å². The largest absolute Gasteiger partial charge is 0.507 e. The van der Waals surface area contributed by atoms with Crippen LogP contribution in [0.4, 0.5) is 9.52 Å². The second-order valence-electron chi connectivity index (χ2n) is 8.58. The summed E-state index contributed by atoms with van der Waals surface area (Å²) < 4.78 is 19.7. The first-order valence-electron chi connectivity index (χ1n) is 11.5. The van der Waals surface area contributed by atoms with Crippen molar-refractivity contribution in [1.29, 1.82) is 0 Å². The second kappa shape index (κ2) is 8.83. The van der Waals surface area contributed by atoms with Gasteiger partial charge in [-0.15, -0.1) is 0 Å². The van der Waals surface area contributed by atoms with Crippen molar-refractivity contribution >= 4 is 54.9 Å². The highest BCUT2D eigenvalue weighted by Crippen LogP contribution is 2.45. The number of thiazole rings is 1. The molecular weight excluding hydrogens is 491 g/mol. The molecule has 4 aromatic carbocycles. The molecule has 6 nitrogen and oxygen atoms in total. The Labute approximate surface area is 214 Å². The molecule has 0 radical (unpaired) electrons. The minimum absolute atomic E-state index is 0.0445. The molecule has 182 valence electrons. The minimum atomic E-state index is -0.949. The average Bonchev–Trinajstić information content (AvgIpc) is 3.45. The van der Waals surface area contributed by atoms with E-state index in [0.717, 1.165) is 22.1 Å². The number of ketones is 1. The van der Waals surface area contributed by atoms with Gasteiger partial charge in [0.25, 0.3) is 5.78 Å². The Morgan fingerprint density at radius 2 is 1.76 bits per heavy atom.